The molecule has 6 nitrogen and oxygen atoms in total. The van der Waals surface area contributed by atoms with Gasteiger partial charge < -0.3 is 15.4 Å². The van der Waals surface area contributed by atoms with Crippen molar-refractivity contribution in [2.45, 2.75) is 20.0 Å². The van der Waals surface area contributed by atoms with Crippen LogP contribution in [0.1, 0.15) is 27.2 Å². The number of hydrogen-bond acceptors (Lipinski definition) is 5. The molecule has 0 unspecified atom stereocenters. The summed E-state index contributed by atoms with van der Waals surface area (Å²) in [6.45, 7) is 2.35. The lowest BCUT2D eigenvalue weighted by atomic mass is 10.2. The van der Waals surface area contributed by atoms with Crippen LogP contribution in [0.2, 0.25) is 0 Å². The van der Waals surface area contributed by atoms with Crippen LogP contribution in [0.25, 0.3) is 0 Å². The number of methoxy groups -OCH3 is 1. The summed E-state index contributed by atoms with van der Waals surface area (Å²) in [5.74, 6) is 0.517. The zero-order valence-corrected chi connectivity index (χ0v) is 15.7. The maximum atomic E-state index is 13.7. The number of aryl methyl sites for hydroxylation is 1. The minimum absolute atomic E-state index is 0.257. The van der Waals surface area contributed by atoms with Crippen molar-refractivity contribution in [3.8, 4) is 5.75 Å². The Labute approximate surface area is 162 Å². The Hall–Kier alpha value is -3.48. The first-order valence-electron chi connectivity index (χ1n) is 8.79. The van der Waals surface area contributed by atoms with Crippen LogP contribution in [0.4, 0.5) is 10.3 Å². The number of aromatic nitrogens is 2. The van der Waals surface area contributed by atoms with Gasteiger partial charge in [0.1, 0.15) is 11.6 Å². The standard InChI is InChI=1S/C21H21FN4O2/c1-14-18(20(27)23-11-15-6-5-8-17(10-15)28-2)13-25-21(26-14)24-12-16-7-3-4-9-19(16)22/h3-10,13H,11-12H2,1-2H3,(H,23,27)(H,24,25,26). The van der Waals surface area contributed by atoms with E-state index in [2.05, 4.69) is 20.6 Å². The van der Waals surface area contributed by atoms with Gasteiger partial charge in [0.25, 0.3) is 5.91 Å². The van der Waals surface area contributed by atoms with Crippen molar-refractivity contribution < 1.29 is 13.9 Å². The lowest BCUT2D eigenvalue weighted by Crippen LogP contribution is -2.24. The second-order valence-electron chi connectivity index (χ2n) is 6.17. The molecule has 144 valence electrons. The molecule has 3 aromatic rings. The molecule has 1 heterocycles. The van der Waals surface area contributed by atoms with Crippen LogP contribution in [0.15, 0.2) is 54.7 Å². The zero-order chi connectivity index (χ0) is 19.9. The van der Waals surface area contributed by atoms with E-state index in [0.717, 1.165) is 11.3 Å². The van der Waals surface area contributed by atoms with Crippen molar-refractivity contribution in [1.82, 2.24) is 15.3 Å². The molecule has 3 rings (SSSR count). The van der Waals surface area contributed by atoms with Crippen molar-refractivity contribution in [2.75, 3.05) is 12.4 Å². The fourth-order valence-corrected chi connectivity index (χ4v) is 2.65. The monoisotopic (exact) mass is 380 g/mol. The normalized spacial score (nSPS) is 10.4. The van der Waals surface area contributed by atoms with Crippen molar-refractivity contribution in [1.29, 1.82) is 0 Å². The molecule has 0 bridgehead atoms. The average Bonchev–Trinajstić information content (AvgIpc) is 2.71. The molecule has 0 fully saturated rings. The molecule has 2 aromatic carbocycles. The molecule has 28 heavy (non-hydrogen) atoms. The number of benzene rings is 2. The lowest BCUT2D eigenvalue weighted by Gasteiger charge is -2.10. The summed E-state index contributed by atoms with van der Waals surface area (Å²) in [5, 5.41) is 5.82. The summed E-state index contributed by atoms with van der Waals surface area (Å²) in [6.07, 6.45) is 1.47. The first-order valence-corrected chi connectivity index (χ1v) is 8.79. The predicted molar refractivity (Wildman–Crippen MR) is 105 cm³/mol. The first-order chi connectivity index (χ1) is 13.6. The van der Waals surface area contributed by atoms with E-state index in [1.54, 1.807) is 32.2 Å². The third kappa shape index (κ3) is 4.82. The molecule has 2 N–H and O–H groups in total. The van der Waals surface area contributed by atoms with E-state index >= 15 is 0 Å². The van der Waals surface area contributed by atoms with E-state index < -0.39 is 0 Å². The number of halogens is 1. The third-order valence-corrected chi connectivity index (χ3v) is 4.21. The van der Waals surface area contributed by atoms with Crippen molar-refractivity contribution >= 4 is 11.9 Å². The number of carbonyl (C=O) groups is 1. The first kappa shape index (κ1) is 19.3. The average molecular weight is 380 g/mol. The van der Waals surface area contributed by atoms with Crippen LogP contribution in [0.3, 0.4) is 0 Å². The van der Waals surface area contributed by atoms with Crippen LogP contribution in [0.5, 0.6) is 5.75 Å². The molecule has 0 aliphatic carbocycles. The Morgan fingerprint density at radius 2 is 1.96 bits per heavy atom. The molecule has 0 atom stereocenters. The maximum Gasteiger partial charge on any atom is 0.254 e. The number of nitrogens with one attached hydrogen (secondary N) is 2. The molecule has 7 heteroatoms. The summed E-state index contributed by atoms with van der Waals surface area (Å²) in [7, 11) is 1.60. The molecule has 0 saturated heterocycles. The van der Waals surface area contributed by atoms with Gasteiger partial charge in [-0.25, -0.2) is 14.4 Å². The fraction of sp³-hybridized carbons (Fsp3) is 0.190. The summed E-state index contributed by atoms with van der Waals surface area (Å²) in [6, 6.07) is 14.0. The van der Waals surface area contributed by atoms with Gasteiger partial charge in [-0.2, -0.15) is 0 Å². The summed E-state index contributed by atoms with van der Waals surface area (Å²) in [5.41, 5.74) is 2.37. The van der Waals surface area contributed by atoms with Gasteiger partial charge in [-0.05, 0) is 30.7 Å². The second kappa shape index (κ2) is 8.94. The smallest absolute Gasteiger partial charge is 0.254 e. The van der Waals surface area contributed by atoms with Gasteiger partial charge in [0.2, 0.25) is 5.95 Å². The molecule has 0 aliphatic heterocycles. The number of carbonyl (C=O) groups excluding carboxylic acids is 1. The maximum absolute atomic E-state index is 13.7. The van der Waals surface area contributed by atoms with Gasteiger partial charge >= 0.3 is 0 Å². The molecular formula is C21H21FN4O2. The highest BCUT2D eigenvalue weighted by Gasteiger charge is 2.12. The molecule has 0 aliphatic rings. The zero-order valence-electron chi connectivity index (χ0n) is 15.7. The van der Waals surface area contributed by atoms with Gasteiger partial charge in [-0.1, -0.05) is 30.3 Å². The number of hydrogen-bond donors (Lipinski definition) is 2. The SMILES string of the molecule is COc1cccc(CNC(=O)c2cnc(NCc3ccccc3F)nc2C)c1. The summed E-state index contributed by atoms with van der Waals surface area (Å²) in [4.78, 5) is 20.9. The number of anilines is 1. The predicted octanol–water partition coefficient (Wildman–Crippen LogP) is 3.47. The largest absolute Gasteiger partial charge is 0.497 e. The topological polar surface area (TPSA) is 76.1 Å². The molecule has 0 radical (unpaired) electrons. The van der Waals surface area contributed by atoms with E-state index in [1.807, 2.05) is 24.3 Å². The fourth-order valence-electron chi connectivity index (χ4n) is 2.65. The van der Waals surface area contributed by atoms with Crippen LogP contribution in [0, 0.1) is 12.7 Å². The number of rotatable bonds is 7. The molecule has 1 aromatic heterocycles. The Balaban J connectivity index is 1.61. The lowest BCUT2D eigenvalue weighted by molar-refractivity contribution is 0.0949. The summed E-state index contributed by atoms with van der Waals surface area (Å²) >= 11 is 0. The van der Waals surface area contributed by atoms with Crippen LogP contribution < -0.4 is 15.4 Å². The minimum Gasteiger partial charge on any atom is -0.497 e. The quantitative estimate of drug-likeness (QED) is 0.656. The molecule has 0 spiro atoms. The number of amides is 1. The van der Waals surface area contributed by atoms with Crippen LogP contribution in [-0.2, 0) is 13.1 Å². The van der Waals surface area contributed by atoms with Crippen molar-refractivity contribution in [2.24, 2.45) is 0 Å². The van der Waals surface area contributed by atoms with E-state index in [4.69, 9.17) is 4.74 Å². The Morgan fingerprint density at radius 3 is 2.71 bits per heavy atom. The van der Waals surface area contributed by atoms with Crippen LogP contribution >= 0.6 is 0 Å². The van der Waals surface area contributed by atoms with Gasteiger partial charge in [-0.15, -0.1) is 0 Å². The molecular weight excluding hydrogens is 359 g/mol. The number of nitrogens with zero attached hydrogens (tertiary/aromatic N) is 2. The highest BCUT2D eigenvalue weighted by Crippen LogP contribution is 2.13. The van der Waals surface area contributed by atoms with Crippen molar-refractivity contribution in [3.05, 3.63) is 82.9 Å². The highest BCUT2D eigenvalue weighted by molar-refractivity contribution is 5.94. The van der Waals surface area contributed by atoms with Crippen molar-refractivity contribution in [3.63, 3.8) is 0 Å². The third-order valence-electron chi connectivity index (χ3n) is 4.21. The van der Waals surface area contributed by atoms with E-state index in [9.17, 15) is 9.18 Å². The highest BCUT2D eigenvalue weighted by atomic mass is 19.1. The van der Waals surface area contributed by atoms with E-state index in [-0.39, 0.29) is 18.3 Å². The number of ether oxygens (including phenoxy) is 1. The van der Waals surface area contributed by atoms with Gasteiger partial charge in [0.15, 0.2) is 0 Å². The van der Waals surface area contributed by atoms with Gasteiger partial charge in [-0.3, -0.25) is 4.79 Å². The minimum atomic E-state index is -0.291. The second-order valence-corrected chi connectivity index (χ2v) is 6.17. The Bertz CT molecular complexity index is 978. The van der Waals surface area contributed by atoms with Gasteiger partial charge in [0, 0.05) is 24.8 Å². The van der Waals surface area contributed by atoms with E-state index in [1.165, 1.54) is 12.3 Å². The Kier molecular flexibility index (Phi) is 6.16. The summed E-state index contributed by atoms with van der Waals surface area (Å²) < 4.78 is 18.9. The Morgan fingerprint density at radius 1 is 1.14 bits per heavy atom. The van der Waals surface area contributed by atoms with Gasteiger partial charge in [0.05, 0.1) is 18.4 Å². The molecule has 1 amide bonds. The molecule has 0 saturated carbocycles. The van der Waals surface area contributed by atoms with Crippen LogP contribution in [-0.4, -0.2) is 23.0 Å². The van der Waals surface area contributed by atoms with E-state index in [0.29, 0.717) is 29.3 Å².